The van der Waals surface area contributed by atoms with Crippen molar-refractivity contribution in [2.45, 2.75) is 38.3 Å². The molecule has 0 saturated carbocycles. The second-order valence-electron chi connectivity index (χ2n) is 6.59. The van der Waals surface area contributed by atoms with Crippen LogP contribution >= 0.6 is 11.3 Å². The molecule has 1 aliphatic rings. The number of carbonyl (C=O) groups excluding carboxylic acids is 1. The van der Waals surface area contributed by atoms with Gasteiger partial charge in [-0.3, -0.25) is 9.48 Å². The summed E-state index contributed by atoms with van der Waals surface area (Å²) in [5, 5.41) is 6.23. The molecule has 1 fully saturated rings. The molecule has 0 radical (unpaired) electrons. The van der Waals surface area contributed by atoms with Gasteiger partial charge >= 0.3 is 0 Å². The van der Waals surface area contributed by atoms with Gasteiger partial charge in [0.15, 0.2) is 0 Å². The maximum Gasteiger partial charge on any atom is 0.224 e. The quantitative estimate of drug-likeness (QED) is 0.668. The zero-order chi connectivity index (χ0) is 17.8. The van der Waals surface area contributed by atoms with Crippen LogP contribution < -0.4 is 0 Å². The molecule has 3 aromatic rings. The Bertz CT molecular complexity index is 826. The Kier molecular flexibility index (Phi) is 5.10. The number of amides is 1. The van der Waals surface area contributed by atoms with Gasteiger partial charge in [-0.2, -0.15) is 5.10 Å². The van der Waals surface area contributed by atoms with E-state index < -0.39 is 0 Å². The minimum Gasteiger partial charge on any atom is -0.342 e. The molecule has 4 rings (SSSR count). The van der Waals surface area contributed by atoms with Gasteiger partial charge in [-0.05, 0) is 18.9 Å². The molecule has 0 aliphatic carbocycles. The third-order valence-electron chi connectivity index (χ3n) is 4.82. The molecule has 4 heterocycles. The van der Waals surface area contributed by atoms with Crippen LogP contribution in [0.1, 0.15) is 36.7 Å². The van der Waals surface area contributed by atoms with Crippen molar-refractivity contribution in [3.63, 3.8) is 0 Å². The summed E-state index contributed by atoms with van der Waals surface area (Å²) < 4.78 is 3.97. The lowest BCUT2D eigenvalue weighted by molar-refractivity contribution is -0.132. The number of carbonyl (C=O) groups is 1. The van der Waals surface area contributed by atoms with Gasteiger partial charge in [0.25, 0.3) is 0 Å². The molecule has 26 heavy (non-hydrogen) atoms. The van der Waals surface area contributed by atoms with Crippen molar-refractivity contribution in [1.82, 2.24) is 29.2 Å². The molecule has 3 aromatic heterocycles. The third kappa shape index (κ3) is 3.85. The maximum atomic E-state index is 12.6. The fourth-order valence-corrected chi connectivity index (χ4v) is 4.07. The molecule has 7 nitrogen and oxygen atoms in total. The van der Waals surface area contributed by atoms with Gasteiger partial charge in [-0.1, -0.05) is 0 Å². The van der Waals surface area contributed by atoms with Crippen LogP contribution in [-0.4, -0.2) is 48.2 Å². The summed E-state index contributed by atoms with van der Waals surface area (Å²) in [6.45, 7) is 2.95. The molecule has 1 saturated heterocycles. The SMILES string of the molecule is O=C(CCn1cccn1)N1CCC[C@@H](c2nccn2Cc2cscn2)C1. The van der Waals surface area contributed by atoms with Crippen LogP contribution in [0.2, 0.25) is 0 Å². The molecule has 0 aromatic carbocycles. The first kappa shape index (κ1) is 17.0. The molecule has 1 atom stereocenters. The lowest BCUT2D eigenvalue weighted by Gasteiger charge is -2.32. The van der Waals surface area contributed by atoms with Crippen molar-refractivity contribution in [3.05, 3.63) is 53.3 Å². The fraction of sp³-hybridized carbons (Fsp3) is 0.444. The van der Waals surface area contributed by atoms with E-state index in [9.17, 15) is 4.79 Å². The van der Waals surface area contributed by atoms with Gasteiger partial charge in [0.05, 0.1) is 17.7 Å². The van der Waals surface area contributed by atoms with Gasteiger partial charge in [-0.25, -0.2) is 9.97 Å². The summed E-state index contributed by atoms with van der Waals surface area (Å²) in [6, 6.07) is 1.88. The molecule has 1 amide bonds. The lowest BCUT2D eigenvalue weighted by Crippen LogP contribution is -2.40. The predicted octanol–water partition coefficient (Wildman–Crippen LogP) is 2.38. The Morgan fingerprint density at radius 1 is 1.27 bits per heavy atom. The van der Waals surface area contributed by atoms with Crippen molar-refractivity contribution in [3.8, 4) is 0 Å². The van der Waals surface area contributed by atoms with Crippen molar-refractivity contribution in [2.75, 3.05) is 13.1 Å². The Labute approximate surface area is 156 Å². The van der Waals surface area contributed by atoms with Crippen molar-refractivity contribution in [1.29, 1.82) is 0 Å². The molecule has 0 N–H and O–H groups in total. The molecular formula is C18H22N6OS. The first-order chi connectivity index (χ1) is 12.8. The topological polar surface area (TPSA) is 68.8 Å². The number of thiazole rings is 1. The first-order valence-corrected chi connectivity index (χ1v) is 9.87. The molecule has 0 bridgehead atoms. The number of piperidine rings is 1. The normalized spacial score (nSPS) is 17.5. The van der Waals surface area contributed by atoms with Crippen molar-refractivity contribution in [2.24, 2.45) is 0 Å². The lowest BCUT2D eigenvalue weighted by atomic mass is 9.96. The van der Waals surface area contributed by atoms with E-state index in [4.69, 9.17) is 0 Å². The van der Waals surface area contributed by atoms with Gasteiger partial charge in [0, 0.05) is 62.1 Å². The van der Waals surface area contributed by atoms with Crippen LogP contribution in [0, 0.1) is 0 Å². The van der Waals surface area contributed by atoms with Gasteiger partial charge in [0.2, 0.25) is 5.91 Å². The summed E-state index contributed by atoms with van der Waals surface area (Å²) in [6.07, 6.45) is 10.1. The highest BCUT2D eigenvalue weighted by atomic mass is 32.1. The largest absolute Gasteiger partial charge is 0.342 e. The van der Waals surface area contributed by atoms with Gasteiger partial charge in [0.1, 0.15) is 5.82 Å². The second kappa shape index (κ2) is 7.82. The second-order valence-corrected chi connectivity index (χ2v) is 7.31. The van der Waals surface area contributed by atoms with Gasteiger partial charge < -0.3 is 9.47 Å². The van der Waals surface area contributed by atoms with Crippen LogP contribution in [0.25, 0.3) is 0 Å². The van der Waals surface area contributed by atoms with E-state index in [1.807, 2.05) is 35.1 Å². The highest BCUT2D eigenvalue weighted by molar-refractivity contribution is 7.07. The molecule has 0 unspecified atom stereocenters. The Hall–Kier alpha value is -2.48. The summed E-state index contributed by atoms with van der Waals surface area (Å²) in [5.41, 5.74) is 2.91. The van der Waals surface area contributed by atoms with Crippen LogP contribution in [0.5, 0.6) is 0 Å². The van der Waals surface area contributed by atoms with E-state index in [1.165, 1.54) is 0 Å². The van der Waals surface area contributed by atoms with Crippen LogP contribution in [0.15, 0.2) is 41.7 Å². The van der Waals surface area contributed by atoms with E-state index in [2.05, 4.69) is 25.0 Å². The molecule has 0 spiro atoms. The molecule has 1 aliphatic heterocycles. The Morgan fingerprint density at radius 2 is 2.23 bits per heavy atom. The predicted molar refractivity (Wildman–Crippen MR) is 98.8 cm³/mol. The number of nitrogens with zero attached hydrogens (tertiary/aromatic N) is 6. The summed E-state index contributed by atoms with van der Waals surface area (Å²) >= 11 is 1.61. The Balaban J connectivity index is 1.39. The van der Waals surface area contributed by atoms with E-state index >= 15 is 0 Å². The third-order valence-corrected chi connectivity index (χ3v) is 5.45. The molecular weight excluding hydrogens is 348 g/mol. The van der Waals surface area contributed by atoms with E-state index in [1.54, 1.807) is 22.2 Å². The average Bonchev–Trinajstić information content (AvgIpc) is 3.43. The number of aromatic nitrogens is 5. The standard InChI is InChI=1S/C18H22N6OS/c25-17(4-9-24-8-2-5-21-24)22-7-1-3-15(11-22)18-19-6-10-23(18)12-16-13-26-14-20-16/h2,5-6,8,10,13-15H,1,3-4,7,9,11-12H2/t15-/m1/s1. The molecule has 136 valence electrons. The van der Waals surface area contributed by atoms with Crippen molar-refractivity contribution < 1.29 is 4.79 Å². The Morgan fingerprint density at radius 3 is 3.04 bits per heavy atom. The number of aryl methyl sites for hydroxylation is 1. The fourth-order valence-electron chi connectivity index (χ4n) is 3.52. The minimum atomic E-state index is 0.197. The highest BCUT2D eigenvalue weighted by Gasteiger charge is 2.27. The van der Waals surface area contributed by atoms with Crippen molar-refractivity contribution >= 4 is 17.2 Å². The smallest absolute Gasteiger partial charge is 0.224 e. The summed E-state index contributed by atoms with van der Waals surface area (Å²) in [4.78, 5) is 23.5. The number of rotatable bonds is 6. The minimum absolute atomic E-state index is 0.197. The van der Waals surface area contributed by atoms with E-state index in [0.717, 1.165) is 44.0 Å². The number of hydrogen-bond acceptors (Lipinski definition) is 5. The summed E-state index contributed by atoms with van der Waals surface area (Å²) in [5.74, 6) is 1.54. The number of likely N-dealkylation sites (tertiary alicyclic amines) is 1. The van der Waals surface area contributed by atoms with Crippen LogP contribution in [0.4, 0.5) is 0 Å². The van der Waals surface area contributed by atoms with Crippen LogP contribution in [-0.2, 0) is 17.9 Å². The zero-order valence-electron chi connectivity index (χ0n) is 14.6. The summed E-state index contributed by atoms with van der Waals surface area (Å²) in [7, 11) is 0. The van der Waals surface area contributed by atoms with Gasteiger partial charge in [-0.15, -0.1) is 11.3 Å². The monoisotopic (exact) mass is 370 g/mol. The molecule has 8 heteroatoms. The van der Waals surface area contributed by atoms with E-state index in [-0.39, 0.29) is 11.8 Å². The van der Waals surface area contributed by atoms with Crippen LogP contribution in [0.3, 0.4) is 0 Å². The number of hydrogen-bond donors (Lipinski definition) is 0. The average molecular weight is 370 g/mol. The zero-order valence-corrected chi connectivity index (χ0v) is 15.4. The first-order valence-electron chi connectivity index (χ1n) is 8.93. The highest BCUT2D eigenvalue weighted by Crippen LogP contribution is 2.26. The maximum absolute atomic E-state index is 12.6. The van der Waals surface area contributed by atoms with E-state index in [0.29, 0.717) is 13.0 Å². The number of imidazole rings is 1.